The fourth-order valence-corrected chi connectivity index (χ4v) is 5.08. The van der Waals surface area contributed by atoms with Crippen LogP contribution in [0.3, 0.4) is 0 Å². The number of nitrogens with one attached hydrogen (secondary N) is 1. The van der Waals surface area contributed by atoms with Gasteiger partial charge in [-0.15, -0.1) is 0 Å². The van der Waals surface area contributed by atoms with Crippen LogP contribution in [-0.4, -0.2) is 25.7 Å². The second kappa shape index (κ2) is 6.89. The molecule has 0 saturated heterocycles. The lowest BCUT2D eigenvalue weighted by atomic mass is 9.98. The van der Waals surface area contributed by atoms with Gasteiger partial charge in [-0.3, -0.25) is 0 Å². The number of benzene rings is 1. The van der Waals surface area contributed by atoms with Gasteiger partial charge in [-0.05, 0) is 55.2 Å². The van der Waals surface area contributed by atoms with Crippen LogP contribution in [0.25, 0.3) is 11.0 Å². The van der Waals surface area contributed by atoms with Gasteiger partial charge in [0.05, 0.1) is 17.5 Å². The summed E-state index contributed by atoms with van der Waals surface area (Å²) in [4.78, 5) is 9.15. The Morgan fingerprint density at radius 1 is 1.21 bits per heavy atom. The number of aromatic nitrogens is 3. The number of aliphatic hydroxyl groups is 1. The number of hydrogen-bond acceptors (Lipinski definition) is 4. The summed E-state index contributed by atoms with van der Waals surface area (Å²) < 4.78 is 2.19. The van der Waals surface area contributed by atoms with Gasteiger partial charge in [0, 0.05) is 12.2 Å². The molecule has 2 aliphatic carbocycles. The van der Waals surface area contributed by atoms with Gasteiger partial charge in [0.25, 0.3) is 0 Å². The van der Waals surface area contributed by atoms with E-state index >= 15 is 0 Å². The SMILES string of the molecule is [CH2][C@H]1C[C@@H](n2ccc3c(N[C@H]4c5ccccc5C[C@H]4CC)ncnc32)C[C@@H]1O. The van der Waals surface area contributed by atoms with Crippen LogP contribution < -0.4 is 5.32 Å². The first-order valence-electron chi connectivity index (χ1n) is 10.3. The molecule has 1 radical (unpaired) electrons. The van der Waals surface area contributed by atoms with E-state index in [1.54, 1.807) is 6.33 Å². The standard InChI is InChI=1S/C23H27N4O/c1-3-15-11-16-6-4-5-7-18(16)21(15)26-22-19-8-9-27(23(19)25-13-24-22)17-10-14(2)20(28)12-17/h4-9,13-15,17,20-21,28H,2-3,10-12H2,1H3,(H,24,25,26)/t14-,15+,17+,20-,21+/m0/s1. The van der Waals surface area contributed by atoms with E-state index < -0.39 is 0 Å². The van der Waals surface area contributed by atoms with Gasteiger partial charge in [0.15, 0.2) is 0 Å². The molecule has 0 amide bonds. The molecule has 2 aliphatic rings. The summed E-state index contributed by atoms with van der Waals surface area (Å²) in [5, 5.41) is 14.9. The maximum atomic E-state index is 10.1. The van der Waals surface area contributed by atoms with Crippen molar-refractivity contribution in [2.75, 3.05) is 5.32 Å². The third-order valence-electron chi connectivity index (χ3n) is 6.70. The first-order chi connectivity index (χ1) is 13.7. The lowest BCUT2D eigenvalue weighted by Crippen LogP contribution is -2.17. The van der Waals surface area contributed by atoms with Gasteiger partial charge in [-0.2, -0.15) is 0 Å². The number of anilines is 1. The van der Waals surface area contributed by atoms with Crippen LogP contribution in [0.15, 0.2) is 42.9 Å². The maximum absolute atomic E-state index is 10.1. The van der Waals surface area contributed by atoms with Crippen molar-refractivity contribution in [1.82, 2.24) is 14.5 Å². The molecule has 0 aliphatic heterocycles. The van der Waals surface area contributed by atoms with E-state index in [1.807, 2.05) is 0 Å². The average Bonchev–Trinajstić information content (AvgIpc) is 3.38. The summed E-state index contributed by atoms with van der Waals surface area (Å²) in [7, 11) is 0. The summed E-state index contributed by atoms with van der Waals surface area (Å²) in [5.41, 5.74) is 3.76. The average molecular weight is 375 g/mol. The highest BCUT2D eigenvalue weighted by molar-refractivity contribution is 5.87. The molecule has 5 heteroatoms. The van der Waals surface area contributed by atoms with E-state index in [1.165, 1.54) is 11.1 Å². The molecule has 0 unspecified atom stereocenters. The molecule has 1 saturated carbocycles. The highest BCUT2D eigenvalue weighted by Gasteiger charge is 2.33. The summed E-state index contributed by atoms with van der Waals surface area (Å²) >= 11 is 0. The fourth-order valence-electron chi connectivity index (χ4n) is 5.08. The number of rotatable bonds is 4. The Morgan fingerprint density at radius 2 is 2.07 bits per heavy atom. The molecule has 3 aromatic rings. The monoisotopic (exact) mass is 375 g/mol. The molecule has 0 spiro atoms. The molecular weight excluding hydrogens is 348 g/mol. The van der Waals surface area contributed by atoms with Crippen LogP contribution in [0.4, 0.5) is 5.82 Å². The summed E-state index contributed by atoms with van der Waals surface area (Å²) in [6, 6.07) is 11.4. The highest BCUT2D eigenvalue weighted by atomic mass is 16.3. The zero-order chi connectivity index (χ0) is 19.3. The zero-order valence-corrected chi connectivity index (χ0v) is 16.3. The van der Waals surface area contributed by atoms with Gasteiger partial charge in [-0.1, -0.05) is 37.6 Å². The van der Waals surface area contributed by atoms with Crippen molar-refractivity contribution in [2.45, 2.75) is 50.8 Å². The predicted molar refractivity (Wildman–Crippen MR) is 111 cm³/mol. The molecular formula is C23H27N4O. The number of nitrogens with zero attached hydrogens (tertiary/aromatic N) is 3. The molecule has 5 atom stereocenters. The molecule has 1 fully saturated rings. The Kier molecular flexibility index (Phi) is 4.35. The van der Waals surface area contributed by atoms with E-state index in [0.29, 0.717) is 5.92 Å². The van der Waals surface area contributed by atoms with Crippen molar-refractivity contribution in [3.05, 3.63) is 60.9 Å². The lowest BCUT2D eigenvalue weighted by Gasteiger charge is -2.22. The zero-order valence-electron chi connectivity index (χ0n) is 16.3. The summed E-state index contributed by atoms with van der Waals surface area (Å²) in [5.74, 6) is 1.55. The first-order valence-corrected chi connectivity index (χ1v) is 10.3. The maximum Gasteiger partial charge on any atom is 0.145 e. The number of hydrogen-bond donors (Lipinski definition) is 2. The topological polar surface area (TPSA) is 63.0 Å². The van der Waals surface area contributed by atoms with E-state index in [2.05, 4.69) is 70.2 Å². The van der Waals surface area contributed by atoms with Gasteiger partial charge in [0.2, 0.25) is 0 Å². The van der Waals surface area contributed by atoms with Crippen LogP contribution in [0.1, 0.15) is 49.4 Å². The Balaban J connectivity index is 1.49. The van der Waals surface area contributed by atoms with Gasteiger partial charge in [0.1, 0.15) is 17.8 Å². The van der Waals surface area contributed by atoms with Crippen molar-refractivity contribution < 1.29 is 5.11 Å². The Morgan fingerprint density at radius 3 is 2.86 bits per heavy atom. The van der Waals surface area contributed by atoms with E-state index in [-0.39, 0.29) is 24.1 Å². The van der Waals surface area contributed by atoms with E-state index in [4.69, 9.17) is 0 Å². The van der Waals surface area contributed by atoms with Crippen LogP contribution in [0, 0.1) is 18.8 Å². The first kappa shape index (κ1) is 17.7. The third-order valence-corrected chi connectivity index (χ3v) is 6.70. The van der Waals surface area contributed by atoms with Crippen LogP contribution >= 0.6 is 0 Å². The molecule has 5 rings (SSSR count). The fraction of sp³-hybridized carbons (Fsp3) is 0.435. The lowest BCUT2D eigenvalue weighted by molar-refractivity contribution is 0.149. The van der Waals surface area contributed by atoms with Crippen molar-refractivity contribution in [1.29, 1.82) is 0 Å². The summed E-state index contributed by atoms with van der Waals surface area (Å²) in [6.07, 6.45) is 7.26. The number of fused-ring (bicyclic) bond motifs is 2. The quantitative estimate of drug-likeness (QED) is 0.713. The largest absolute Gasteiger partial charge is 0.393 e. The molecule has 28 heavy (non-hydrogen) atoms. The van der Waals surface area contributed by atoms with Crippen molar-refractivity contribution in [2.24, 2.45) is 11.8 Å². The number of aliphatic hydroxyl groups excluding tert-OH is 1. The van der Waals surface area contributed by atoms with Crippen molar-refractivity contribution >= 4 is 16.9 Å². The van der Waals surface area contributed by atoms with Crippen molar-refractivity contribution in [3.63, 3.8) is 0 Å². The van der Waals surface area contributed by atoms with E-state index in [0.717, 1.165) is 42.5 Å². The van der Waals surface area contributed by atoms with Crippen LogP contribution in [0.5, 0.6) is 0 Å². The van der Waals surface area contributed by atoms with Crippen LogP contribution in [0.2, 0.25) is 0 Å². The molecule has 1 aromatic carbocycles. The molecule has 2 N–H and O–H groups in total. The third kappa shape index (κ3) is 2.80. The second-order valence-corrected chi connectivity index (χ2v) is 8.33. The minimum absolute atomic E-state index is 0.0854. The Labute approximate surface area is 165 Å². The Hall–Kier alpha value is -2.40. The second-order valence-electron chi connectivity index (χ2n) is 8.33. The molecule has 5 nitrogen and oxygen atoms in total. The Bertz CT molecular complexity index is 987. The predicted octanol–water partition coefficient (Wildman–Crippen LogP) is 4.31. The van der Waals surface area contributed by atoms with Gasteiger partial charge in [-0.25, -0.2) is 9.97 Å². The van der Waals surface area contributed by atoms with Crippen molar-refractivity contribution in [3.8, 4) is 0 Å². The minimum atomic E-state index is -0.331. The normalized spacial score (nSPS) is 29.3. The highest BCUT2D eigenvalue weighted by Crippen LogP contribution is 2.41. The van der Waals surface area contributed by atoms with Crippen LogP contribution in [-0.2, 0) is 6.42 Å². The van der Waals surface area contributed by atoms with Gasteiger partial charge >= 0.3 is 0 Å². The minimum Gasteiger partial charge on any atom is -0.393 e. The molecule has 2 aromatic heterocycles. The molecule has 0 bridgehead atoms. The molecule has 2 heterocycles. The van der Waals surface area contributed by atoms with E-state index in [9.17, 15) is 5.11 Å². The molecule has 145 valence electrons. The van der Waals surface area contributed by atoms with Gasteiger partial charge < -0.3 is 15.0 Å². The summed E-state index contributed by atoms with van der Waals surface area (Å²) in [6.45, 7) is 6.34. The smallest absolute Gasteiger partial charge is 0.145 e.